The Morgan fingerprint density at radius 2 is 2.00 bits per heavy atom. The molecule has 5 heteroatoms. The molecule has 1 aliphatic heterocycles. The van der Waals surface area contributed by atoms with Crippen LogP contribution in [-0.4, -0.2) is 36.6 Å². The van der Waals surface area contributed by atoms with E-state index in [-0.39, 0.29) is 24.5 Å². The lowest BCUT2D eigenvalue weighted by Crippen LogP contribution is -2.41. The highest BCUT2D eigenvalue weighted by Crippen LogP contribution is 2.44. The van der Waals surface area contributed by atoms with Crippen molar-refractivity contribution in [2.45, 2.75) is 63.2 Å². The van der Waals surface area contributed by atoms with E-state index in [0.717, 1.165) is 18.8 Å². The third-order valence-electron chi connectivity index (χ3n) is 6.42. The highest BCUT2D eigenvalue weighted by Gasteiger charge is 2.41. The zero-order chi connectivity index (χ0) is 19.3. The highest BCUT2D eigenvalue weighted by molar-refractivity contribution is 5.92. The molecular formula is C23H31NO4. The SMILES string of the molecule is O=C(NC1CC2CCC1C2)C1=C[C@@H](c2ccccc2)C[C@@H](OCCCCO)O1. The molecule has 0 radical (unpaired) electrons. The molecule has 0 aromatic heterocycles. The summed E-state index contributed by atoms with van der Waals surface area (Å²) in [6.07, 6.45) is 8.61. The smallest absolute Gasteiger partial charge is 0.286 e. The summed E-state index contributed by atoms with van der Waals surface area (Å²) >= 11 is 0. The van der Waals surface area contributed by atoms with Gasteiger partial charge in [0, 0.05) is 25.0 Å². The molecule has 5 nitrogen and oxygen atoms in total. The summed E-state index contributed by atoms with van der Waals surface area (Å²) in [7, 11) is 0. The largest absolute Gasteiger partial charge is 0.459 e. The maximum atomic E-state index is 12.9. The van der Waals surface area contributed by atoms with Crippen molar-refractivity contribution in [1.29, 1.82) is 0 Å². The molecule has 2 N–H and O–H groups in total. The van der Waals surface area contributed by atoms with Crippen LogP contribution in [0.1, 0.15) is 56.4 Å². The predicted molar refractivity (Wildman–Crippen MR) is 106 cm³/mol. The monoisotopic (exact) mass is 385 g/mol. The average Bonchev–Trinajstić information content (AvgIpc) is 3.35. The van der Waals surface area contributed by atoms with E-state index in [1.807, 2.05) is 24.3 Å². The fraction of sp³-hybridized carbons (Fsp3) is 0.609. The van der Waals surface area contributed by atoms with Gasteiger partial charge in [-0.2, -0.15) is 0 Å². The second kappa shape index (κ2) is 9.10. The third kappa shape index (κ3) is 4.58. The van der Waals surface area contributed by atoms with Crippen molar-refractivity contribution in [1.82, 2.24) is 5.32 Å². The molecule has 2 fully saturated rings. The first-order chi connectivity index (χ1) is 13.7. The van der Waals surface area contributed by atoms with Crippen molar-refractivity contribution >= 4 is 5.91 Å². The van der Waals surface area contributed by atoms with Crippen molar-refractivity contribution in [2.24, 2.45) is 11.8 Å². The van der Waals surface area contributed by atoms with Crippen molar-refractivity contribution in [3.8, 4) is 0 Å². The summed E-state index contributed by atoms with van der Waals surface area (Å²) in [6.45, 7) is 0.687. The standard InChI is InChI=1S/C23H31NO4/c25-10-4-5-11-27-22-15-19(17-6-2-1-3-7-17)14-21(28-22)23(26)24-20-13-16-8-9-18(20)12-16/h1-3,6-7,14,16,18-20,22,25H,4-5,8-13,15H2,(H,24,26)/t16?,18?,19-,20?,22+/m1/s1. The highest BCUT2D eigenvalue weighted by atomic mass is 16.7. The number of fused-ring (bicyclic) bond motifs is 2. The first-order valence-electron chi connectivity index (χ1n) is 10.7. The topological polar surface area (TPSA) is 67.8 Å². The minimum Gasteiger partial charge on any atom is -0.459 e. The van der Waals surface area contributed by atoms with Crippen LogP contribution in [0.4, 0.5) is 0 Å². The second-order valence-electron chi connectivity index (χ2n) is 8.39. The number of rotatable bonds is 8. The van der Waals surface area contributed by atoms with Crippen LogP contribution in [0, 0.1) is 11.8 Å². The number of unbranched alkanes of at least 4 members (excludes halogenated alkanes) is 1. The number of carbonyl (C=O) groups excluding carboxylic acids is 1. The van der Waals surface area contributed by atoms with Crippen LogP contribution >= 0.6 is 0 Å². The van der Waals surface area contributed by atoms with Crippen LogP contribution in [0.5, 0.6) is 0 Å². The normalized spacial score (nSPS) is 31.3. The Balaban J connectivity index is 1.43. The molecule has 0 spiro atoms. The molecule has 3 unspecified atom stereocenters. The number of hydrogen-bond acceptors (Lipinski definition) is 4. The molecule has 2 bridgehead atoms. The fourth-order valence-electron chi connectivity index (χ4n) is 4.94. The maximum absolute atomic E-state index is 12.9. The Hall–Kier alpha value is -1.85. The van der Waals surface area contributed by atoms with Crippen molar-refractivity contribution < 1.29 is 19.4 Å². The molecule has 1 aromatic carbocycles. The molecule has 28 heavy (non-hydrogen) atoms. The maximum Gasteiger partial charge on any atom is 0.286 e. The van der Waals surface area contributed by atoms with Crippen LogP contribution in [0.25, 0.3) is 0 Å². The van der Waals surface area contributed by atoms with Gasteiger partial charge in [-0.05, 0) is 55.6 Å². The lowest BCUT2D eigenvalue weighted by atomic mass is 9.92. The van der Waals surface area contributed by atoms with E-state index in [2.05, 4.69) is 17.4 Å². The van der Waals surface area contributed by atoms with E-state index in [0.29, 0.717) is 31.1 Å². The van der Waals surface area contributed by atoms with Gasteiger partial charge >= 0.3 is 0 Å². The van der Waals surface area contributed by atoms with E-state index in [1.165, 1.54) is 24.8 Å². The van der Waals surface area contributed by atoms with Gasteiger partial charge in [-0.25, -0.2) is 0 Å². The number of aliphatic hydroxyl groups excluding tert-OH is 1. The van der Waals surface area contributed by atoms with E-state index < -0.39 is 6.29 Å². The van der Waals surface area contributed by atoms with Gasteiger partial charge in [-0.15, -0.1) is 0 Å². The molecular weight excluding hydrogens is 354 g/mol. The lowest BCUT2D eigenvalue weighted by Gasteiger charge is -2.30. The molecule has 1 aromatic rings. The number of nitrogens with one attached hydrogen (secondary N) is 1. The molecule has 0 saturated heterocycles. The number of aliphatic hydroxyl groups is 1. The van der Waals surface area contributed by atoms with Crippen LogP contribution in [0.2, 0.25) is 0 Å². The molecule has 5 atom stereocenters. The molecule has 1 heterocycles. The second-order valence-corrected chi connectivity index (χ2v) is 8.39. The van der Waals surface area contributed by atoms with Gasteiger partial charge in [-0.1, -0.05) is 36.8 Å². The predicted octanol–water partition coefficient (Wildman–Crippen LogP) is 3.49. The van der Waals surface area contributed by atoms with Crippen LogP contribution in [-0.2, 0) is 14.3 Å². The van der Waals surface area contributed by atoms with Gasteiger partial charge in [0.05, 0.1) is 6.61 Å². The zero-order valence-corrected chi connectivity index (χ0v) is 16.4. The number of benzene rings is 1. The van der Waals surface area contributed by atoms with E-state index in [4.69, 9.17) is 14.6 Å². The molecule has 4 rings (SSSR count). The summed E-state index contributed by atoms with van der Waals surface area (Å²) in [6, 6.07) is 10.5. The molecule has 2 saturated carbocycles. The third-order valence-corrected chi connectivity index (χ3v) is 6.42. The quantitative estimate of drug-likeness (QED) is 0.672. The summed E-state index contributed by atoms with van der Waals surface area (Å²) < 4.78 is 11.8. The Kier molecular flexibility index (Phi) is 6.33. The Morgan fingerprint density at radius 3 is 2.71 bits per heavy atom. The Morgan fingerprint density at radius 1 is 1.14 bits per heavy atom. The Bertz CT molecular complexity index is 689. The first-order valence-corrected chi connectivity index (χ1v) is 10.7. The van der Waals surface area contributed by atoms with Crippen LogP contribution < -0.4 is 5.32 Å². The summed E-state index contributed by atoms with van der Waals surface area (Å²) in [5, 5.41) is 12.2. The zero-order valence-electron chi connectivity index (χ0n) is 16.4. The van der Waals surface area contributed by atoms with Crippen LogP contribution in [0.15, 0.2) is 42.2 Å². The lowest BCUT2D eigenvalue weighted by molar-refractivity contribution is -0.147. The number of hydrogen-bond donors (Lipinski definition) is 2. The first kappa shape index (κ1) is 19.5. The van der Waals surface area contributed by atoms with Gasteiger partial charge in [0.15, 0.2) is 5.76 Å². The van der Waals surface area contributed by atoms with Gasteiger partial charge < -0.3 is 19.9 Å². The van der Waals surface area contributed by atoms with Crippen molar-refractivity contribution in [2.75, 3.05) is 13.2 Å². The minimum atomic E-state index is -0.435. The van der Waals surface area contributed by atoms with E-state index in [9.17, 15) is 4.79 Å². The fourth-order valence-corrected chi connectivity index (χ4v) is 4.94. The number of allylic oxidation sites excluding steroid dienone is 1. The van der Waals surface area contributed by atoms with E-state index >= 15 is 0 Å². The molecule has 2 aliphatic carbocycles. The minimum absolute atomic E-state index is 0.0959. The number of ether oxygens (including phenoxy) is 2. The van der Waals surface area contributed by atoms with E-state index in [1.54, 1.807) is 0 Å². The number of amides is 1. The van der Waals surface area contributed by atoms with Crippen LogP contribution in [0.3, 0.4) is 0 Å². The van der Waals surface area contributed by atoms with Crippen molar-refractivity contribution in [3.05, 3.63) is 47.7 Å². The summed E-state index contributed by atoms with van der Waals surface area (Å²) in [5.74, 6) is 1.79. The van der Waals surface area contributed by atoms with Gasteiger partial charge in [-0.3, -0.25) is 4.79 Å². The Labute approximate surface area is 167 Å². The van der Waals surface area contributed by atoms with Gasteiger partial charge in [0.1, 0.15) is 0 Å². The molecule has 152 valence electrons. The molecule has 1 amide bonds. The summed E-state index contributed by atoms with van der Waals surface area (Å²) in [5.41, 5.74) is 1.17. The summed E-state index contributed by atoms with van der Waals surface area (Å²) in [4.78, 5) is 12.9. The average molecular weight is 386 g/mol. The van der Waals surface area contributed by atoms with Crippen molar-refractivity contribution in [3.63, 3.8) is 0 Å². The van der Waals surface area contributed by atoms with Gasteiger partial charge in [0.2, 0.25) is 6.29 Å². The van der Waals surface area contributed by atoms with Gasteiger partial charge in [0.25, 0.3) is 5.91 Å². The number of carbonyl (C=O) groups is 1. The molecule has 3 aliphatic rings.